The van der Waals surface area contributed by atoms with Gasteiger partial charge in [-0.25, -0.2) is 0 Å². The molecule has 1 aliphatic carbocycles. The van der Waals surface area contributed by atoms with Crippen LogP contribution in [-0.2, 0) is 14.4 Å². The fourth-order valence-corrected chi connectivity index (χ4v) is 3.20. The second kappa shape index (κ2) is 7.43. The molecular formula is C15H25N3O3. The van der Waals surface area contributed by atoms with Crippen molar-refractivity contribution >= 4 is 17.7 Å². The molecule has 2 fully saturated rings. The fraction of sp³-hybridized carbons (Fsp3) is 0.800. The highest BCUT2D eigenvalue weighted by Crippen LogP contribution is 2.23. The van der Waals surface area contributed by atoms with Crippen LogP contribution in [0.4, 0.5) is 0 Å². The number of likely N-dealkylation sites (tertiary alicyclic amines) is 1. The van der Waals surface area contributed by atoms with Crippen LogP contribution in [0.15, 0.2) is 0 Å². The number of amides is 3. The zero-order valence-electron chi connectivity index (χ0n) is 12.5. The van der Waals surface area contributed by atoms with Crippen LogP contribution in [0, 0.1) is 11.8 Å². The molecule has 6 nitrogen and oxygen atoms in total. The number of rotatable bonds is 4. The highest BCUT2D eigenvalue weighted by atomic mass is 16.2. The van der Waals surface area contributed by atoms with Crippen LogP contribution in [0.3, 0.4) is 0 Å². The van der Waals surface area contributed by atoms with Gasteiger partial charge in [0.15, 0.2) is 0 Å². The van der Waals surface area contributed by atoms with Crippen molar-refractivity contribution in [2.45, 2.75) is 44.9 Å². The lowest BCUT2D eigenvalue weighted by Crippen LogP contribution is -2.46. The van der Waals surface area contributed by atoms with Gasteiger partial charge in [0.05, 0.1) is 6.54 Å². The summed E-state index contributed by atoms with van der Waals surface area (Å²) in [7, 11) is 0. The Hall–Kier alpha value is -1.59. The van der Waals surface area contributed by atoms with Crippen molar-refractivity contribution in [3.05, 3.63) is 0 Å². The summed E-state index contributed by atoms with van der Waals surface area (Å²) in [6, 6.07) is 0. The highest BCUT2D eigenvalue weighted by molar-refractivity contribution is 5.86. The maximum Gasteiger partial charge on any atom is 0.241 e. The zero-order valence-corrected chi connectivity index (χ0v) is 12.5. The van der Waals surface area contributed by atoms with Crippen molar-refractivity contribution < 1.29 is 14.4 Å². The molecule has 118 valence electrons. The number of primary amides is 1. The molecule has 1 saturated heterocycles. The number of piperidine rings is 1. The molecule has 6 heteroatoms. The summed E-state index contributed by atoms with van der Waals surface area (Å²) in [5.74, 6) is -0.386. The topological polar surface area (TPSA) is 92.5 Å². The number of nitrogens with two attached hydrogens (primary N) is 1. The van der Waals surface area contributed by atoms with Gasteiger partial charge in [-0.05, 0) is 25.7 Å². The molecule has 3 amide bonds. The van der Waals surface area contributed by atoms with E-state index in [0.29, 0.717) is 25.9 Å². The molecule has 1 heterocycles. The van der Waals surface area contributed by atoms with E-state index in [9.17, 15) is 14.4 Å². The van der Waals surface area contributed by atoms with Crippen LogP contribution < -0.4 is 11.1 Å². The van der Waals surface area contributed by atoms with Crippen LogP contribution >= 0.6 is 0 Å². The van der Waals surface area contributed by atoms with E-state index < -0.39 is 0 Å². The lowest BCUT2D eigenvalue weighted by Gasteiger charge is -2.31. The third kappa shape index (κ3) is 4.44. The molecule has 21 heavy (non-hydrogen) atoms. The Morgan fingerprint density at radius 3 is 2.14 bits per heavy atom. The van der Waals surface area contributed by atoms with E-state index in [1.54, 1.807) is 4.90 Å². The van der Waals surface area contributed by atoms with Crippen molar-refractivity contribution in [1.82, 2.24) is 10.2 Å². The minimum atomic E-state index is -0.285. The van der Waals surface area contributed by atoms with Gasteiger partial charge in [0.2, 0.25) is 17.7 Å². The highest BCUT2D eigenvalue weighted by Gasteiger charge is 2.27. The van der Waals surface area contributed by atoms with Gasteiger partial charge in [-0.1, -0.05) is 19.3 Å². The minimum absolute atomic E-state index is 0.00933. The molecule has 0 aromatic rings. The second-order valence-corrected chi connectivity index (χ2v) is 6.11. The third-order valence-electron chi connectivity index (χ3n) is 4.64. The smallest absolute Gasteiger partial charge is 0.241 e. The molecule has 0 spiro atoms. The average Bonchev–Trinajstić information content (AvgIpc) is 2.53. The van der Waals surface area contributed by atoms with Gasteiger partial charge >= 0.3 is 0 Å². The molecule has 2 aliphatic rings. The minimum Gasteiger partial charge on any atom is -0.369 e. The first-order chi connectivity index (χ1) is 10.1. The SMILES string of the molecule is NC(=O)C1CCN(C(=O)CNC(=O)C2CCCCC2)CC1. The molecule has 1 saturated carbocycles. The van der Waals surface area contributed by atoms with Gasteiger partial charge in [-0.15, -0.1) is 0 Å². The molecule has 0 radical (unpaired) electrons. The summed E-state index contributed by atoms with van der Waals surface area (Å²) >= 11 is 0. The van der Waals surface area contributed by atoms with Gasteiger partial charge < -0.3 is 16.0 Å². The maximum absolute atomic E-state index is 12.1. The summed E-state index contributed by atoms with van der Waals surface area (Å²) in [6.07, 6.45) is 6.53. The lowest BCUT2D eigenvalue weighted by molar-refractivity contribution is -0.136. The molecule has 0 atom stereocenters. The molecule has 0 unspecified atom stereocenters. The maximum atomic E-state index is 12.1. The van der Waals surface area contributed by atoms with Gasteiger partial charge in [0.25, 0.3) is 0 Å². The number of nitrogens with one attached hydrogen (secondary N) is 1. The van der Waals surface area contributed by atoms with E-state index in [1.165, 1.54) is 6.42 Å². The Balaban J connectivity index is 1.70. The number of carbonyl (C=O) groups excluding carboxylic acids is 3. The Kier molecular flexibility index (Phi) is 5.59. The largest absolute Gasteiger partial charge is 0.369 e. The molecular weight excluding hydrogens is 270 g/mol. The molecule has 0 aromatic heterocycles. The summed E-state index contributed by atoms with van der Waals surface area (Å²) in [5.41, 5.74) is 5.27. The van der Waals surface area contributed by atoms with E-state index in [-0.39, 0.29) is 36.1 Å². The van der Waals surface area contributed by atoms with E-state index in [0.717, 1.165) is 25.7 Å². The summed E-state index contributed by atoms with van der Waals surface area (Å²) in [4.78, 5) is 36.8. The molecule has 2 rings (SSSR count). The van der Waals surface area contributed by atoms with Crippen LogP contribution in [0.2, 0.25) is 0 Å². The van der Waals surface area contributed by atoms with Crippen molar-refractivity contribution in [3.63, 3.8) is 0 Å². The standard InChI is InChI=1S/C15H25N3O3/c16-14(20)11-6-8-18(9-7-11)13(19)10-17-15(21)12-4-2-1-3-5-12/h11-12H,1-10H2,(H2,16,20)(H,17,21). The quantitative estimate of drug-likeness (QED) is 0.786. The molecule has 0 bridgehead atoms. The first kappa shape index (κ1) is 15.8. The molecule has 3 N–H and O–H groups in total. The predicted octanol–water partition coefficient (Wildman–Crippen LogP) is 0.407. The lowest BCUT2D eigenvalue weighted by atomic mass is 9.89. The Morgan fingerprint density at radius 2 is 1.57 bits per heavy atom. The predicted molar refractivity (Wildman–Crippen MR) is 78.1 cm³/mol. The fourth-order valence-electron chi connectivity index (χ4n) is 3.20. The van der Waals surface area contributed by atoms with Crippen molar-refractivity contribution in [2.24, 2.45) is 17.6 Å². The van der Waals surface area contributed by atoms with E-state index in [2.05, 4.69) is 5.32 Å². The normalized spacial score (nSPS) is 21.0. The number of nitrogens with zero attached hydrogens (tertiary/aromatic N) is 1. The zero-order chi connectivity index (χ0) is 15.2. The summed E-state index contributed by atoms with van der Waals surface area (Å²) in [5, 5.41) is 2.76. The van der Waals surface area contributed by atoms with Gasteiger partial charge in [-0.2, -0.15) is 0 Å². The summed E-state index contributed by atoms with van der Waals surface area (Å²) in [6.45, 7) is 1.16. The Morgan fingerprint density at radius 1 is 0.952 bits per heavy atom. The van der Waals surface area contributed by atoms with Crippen molar-refractivity contribution in [1.29, 1.82) is 0 Å². The van der Waals surface area contributed by atoms with Gasteiger partial charge in [0.1, 0.15) is 0 Å². The van der Waals surface area contributed by atoms with Crippen LogP contribution in [0.25, 0.3) is 0 Å². The van der Waals surface area contributed by atoms with Crippen molar-refractivity contribution in [3.8, 4) is 0 Å². The first-order valence-electron chi connectivity index (χ1n) is 7.92. The average molecular weight is 295 g/mol. The van der Waals surface area contributed by atoms with Crippen LogP contribution in [0.5, 0.6) is 0 Å². The van der Waals surface area contributed by atoms with Crippen LogP contribution in [0.1, 0.15) is 44.9 Å². The third-order valence-corrected chi connectivity index (χ3v) is 4.64. The van der Waals surface area contributed by atoms with Gasteiger partial charge in [0, 0.05) is 24.9 Å². The summed E-state index contributed by atoms with van der Waals surface area (Å²) < 4.78 is 0. The monoisotopic (exact) mass is 295 g/mol. The van der Waals surface area contributed by atoms with Gasteiger partial charge in [-0.3, -0.25) is 14.4 Å². The first-order valence-corrected chi connectivity index (χ1v) is 7.92. The number of hydrogen-bond donors (Lipinski definition) is 2. The van der Waals surface area contributed by atoms with Crippen LogP contribution in [-0.4, -0.2) is 42.3 Å². The molecule has 1 aliphatic heterocycles. The number of hydrogen-bond acceptors (Lipinski definition) is 3. The van der Waals surface area contributed by atoms with E-state index in [4.69, 9.17) is 5.73 Å². The number of carbonyl (C=O) groups is 3. The van der Waals surface area contributed by atoms with Crippen molar-refractivity contribution in [2.75, 3.05) is 19.6 Å². The molecule has 0 aromatic carbocycles. The Labute approximate surface area is 125 Å². The Bertz CT molecular complexity index is 397. The van der Waals surface area contributed by atoms with E-state index in [1.807, 2.05) is 0 Å². The second-order valence-electron chi connectivity index (χ2n) is 6.11. The van der Waals surface area contributed by atoms with E-state index >= 15 is 0 Å².